The zero-order valence-corrected chi connectivity index (χ0v) is 17.7. The monoisotopic (exact) mass is 455 g/mol. The first kappa shape index (κ1) is 20.5. The molecule has 2 N–H and O–H groups in total. The standard InChI is InChI=1S/C22H19F2N5O2S/c23-15-5-3-14(4-6-15)20-12-18-21(25-13-26-22(18)27-20)17-8-7-16(11-19(17)24)28-32(30,31)29-9-1-2-10-29/h3-8,11-13,28H,1-2,9-10H2,(H,25,26,27). The summed E-state index contributed by atoms with van der Waals surface area (Å²) in [5.74, 6) is -0.955. The fourth-order valence-corrected chi connectivity index (χ4v) is 5.14. The van der Waals surface area contributed by atoms with Crippen molar-refractivity contribution in [3.05, 3.63) is 66.5 Å². The van der Waals surface area contributed by atoms with Crippen LogP contribution in [0.2, 0.25) is 0 Å². The van der Waals surface area contributed by atoms with Crippen LogP contribution in [0.4, 0.5) is 14.5 Å². The van der Waals surface area contributed by atoms with E-state index in [1.807, 2.05) is 0 Å². The zero-order chi connectivity index (χ0) is 22.3. The number of hydrogen-bond acceptors (Lipinski definition) is 4. The molecule has 7 nitrogen and oxygen atoms in total. The highest BCUT2D eigenvalue weighted by Crippen LogP contribution is 2.32. The van der Waals surface area contributed by atoms with Crippen LogP contribution in [-0.4, -0.2) is 40.8 Å². The lowest BCUT2D eigenvalue weighted by Gasteiger charge is -2.17. The molecule has 3 heterocycles. The average Bonchev–Trinajstić information content (AvgIpc) is 3.45. The van der Waals surface area contributed by atoms with E-state index in [2.05, 4.69) is 19.7 Å². The van der Waals surface area contributed by atoms with Gasteiger partial charge in [0, 0.05) is 29.7 Å². The molecule has 5 rings (SSSR count). The second-order valence-corrected chi connectivity index (χ2v) is 9.25. The van der Waals surface area contributed by atoms with Gasteiger partial charge in [-0.3, -0.25) is 4.72 Å². The Morgan fingerprint density at radius 2 is 1.72 bits per heavy atom. The highest BCUT2D eigenvalue weighted by Gasteiger charge is 2.25. The predicted octanol–water partition coefficient (Wildman–Crippen LogP) is 4.32. The molecule has 0 radical (unpaired) electrons. The number of nitrogens with zero attached hydrogens (tertiary/aromatic N) is 3. The van der Waals surface area contributed by atoms with Crippen molar-refractivity contribution >= 4 is 26.9 Å². The first-order chi connectivity index (χ1) is 15.4. The first-order valence-corrected chi connectivity index (χ1v) is 11.5. The molecule has 2 aromatic heterocycles. The van der Waals surface area contributed by atoms with Crippen molar-refractivity contribution in [2.24, 2.45) is 0 Å². The third kappa shape index (κ3) is 3.82. The molecule has 1 fully saturated rings. The van der Waals surface area contributed by atoms with Gasteiger partial charge in [0.25, 0.3) is 0 Å². The Morgan fingerprint density at radius 3 is 2.44 bits per heavy atom. The molecule has 0 amide bonds. The van der Waals surface area contributed by atoms with Crippen molar-refractivity contribution in [1.82, 2.24) is 19.3 Å². The second-order valence-electron chi connectivity index (χ2n) is 7.58. The Morgan fingerprint density at radius 1 is 0.969 bits per heavy atom. The Hall–Kier alpha value is -3.37. The zero-order valence-electron chi connectivity index (χ0n) is 16.8. The quantitative estimate of drug-likeness (QED) is 0.469. The van der Waals surface area contributed by atoms with Crippen molar-refractivity contribution in [1.29, 1.82) is 0 Å². The number of aromatic amines is 1. The number of hydrogen-bond donors (Lipinski definition) is 2. The van der Waals surface area contributed by atoms with Gasteiger partial charge in [0.1, 0.15) is 23.6 Å². The molecule has 1 saturated heterocycles. The van der Waals surface area contributed by atoms with Gasteiger partial charge in [-0.05, 0) is 66.9 Å². The number of halogens is 2. The number of rotatable bonds is 5. The first-order valence-electron chi connectivity index (χ1n) is 10.1. The minimum absolute atomic E-state index is 0.143. The van der Waals surface area contributed by atoms with E-state index in [1.54, 1.807) is 18.2 Å². The van der Waals surface area contributed by atoms with Crippen LogP contribution >= 0.6 is 0 Å². The van der Waals surface area contributed by atoms with E-state index in [1.165, 1.54) is 34.9 Å². The van der Waals surface area contributed by atoms with Gasteiger partial charge in [-0.25, -0.2) is 18.7 Å². The lowest BCUT2D eigenvalue weighted by molar-refractivity contribution is 0.482. The predicted molar refractivity (Wildman–Crippen MR) is 118 cm³/mol. The van der Waals surface area contributed by atoms with E-state index in [9.17, 15) is 12.8 Å². The van der Waals surface area contributed by atoms with Crippen LogP contribution in [0.15, 0.2) is 54.9 Å². The van der Waals surface area contributed by atoms with Crippen LogP contribution < -0.4 is 4.72 Å². The van der Waals surface area contributed by atoms with Crippen molar-refractivity contribution in [2.45, 2.75) is 12.8 Å². The summed E-state index contributed by atoms with van der Waals surface area (Å²) in [4.78, 5) is 11.6. The van der Waals surface area contributed by atoms with E-state index in [0.717, 1.165) is 24.5 Å². The van der Waals surface area contributed by atoms with Gasteiger partial charge < -0.3 is 4.98 Å². The van der Waals surface area contributed by atoms with Crippen LogP contribution in [0.25, 0.3) is 33.5 Å². The summed E-state index contributed by atoms with van der Waals surface area (Å²) in [5, 5.41) is 0.594. The molecule has 32 heavy (non-hydrogen) atoms. The molecule has 164 valence electrons. The van der Waals surface area contributed by atoms with Gasteiger partial charge in [-0.15, -0.1) is 0 Å². The molecule has 0 bridgehead atoms. The fourth-order valence-electron chi connectivity index (χ4n) is 3.85. The molecular weight excluding hydrogens is 436 g/mol. The number of aromatic nitrogens is 3. The second kappa shape index (κ2) is 7.95. The maximum absolute atomic E-state index is 15.0. The molecule has 1 aliphatic heterocycles. The number of nitrogens with one attached hydrogen (secondary N) is 2. The SMILES string of the molecule is O=S(=O)(Nc1ccc(-c2ncnc3[nH]c(-c4ccc(F)cc4)cc23)c(F)c1)N1CCCC1. The van der Waals surface area contributed by atoms with Gasteiger partial charge >= 0.3 is 10.2 Å². The van der Waals surface area contributed by atoms with E-state index in [4.69, 9.17) is 0 Å². The molecule has 4 aromatic rings. The summed E-state index contributed by atoms with van der Waals surface area (Å²) < 4.78 is 56.9. The van der Waals surface area contributed by atoms with E-state index in [0.29, 0.717) is 35.5 Å². The van der Waals surface area contributed by atoms with Gasteiger partial charge in [0.15, 0.2) is 0 Å². The van der Waals surface area contributed by atoms with E-state index >= 15 is 4.39 Å². The third-order valence-electron chi connectivity index (χ3n) is 5.46. The summed E-state index contributed by atoms with van der Waals surface area (Å²) in [6.45, 7) is 0.914. The summed E-state index contributed by atoms with van der Waals surface area (Å²) in [5.41, 5.74) is 2.67. The Balaban J connectivity index is 1.49. The number of H-pyrrole nitrogens is 1. The molecule has 0 spiro atoms. The highest BCUT2D eigenvalue weighted by atomic mass is 32.2. The molecule has 0 atom stereocenters. The number of benzene rings is 2. The molecule has 10 heteroatoms. The molecular formula is C22H19F2N5O2S. The topological polar surface area (TPSA) is 91.0 Å². The van der Waals surface area contributed by atoms with Crippen LogP contribution in [0.3, 0.4) is 0 Å². The normalized spacial score (nSPS) is 14.8. The lowest BCUT2D eigenvalue weighted by Crippen LogP contribution is -2.33. The van der Waals surface area contributed by atoms with Crippen LogP contribution in [-0.2, 0) is 10.2 Å². The summed E-state index contributed by atoms with van der Waals surface area (Å²) in [6, 6.07) is 11.9. The fraction of sp³-hybridized carbons (Fsp3) is 0.182. The Labute approximate surface area is 183 Å². The van der Waals surface area contributed by atoms with Crippen molar-refractivity contribution < 1.29 is 17.2 Å². The van der Waals surface area contributed by atoms with Crippen molar-refractivity contribution in [3.63, 3.8) is 0 Å². The van der Waals surface area contributed by atoms with Crippen molar-refractivity contribution in [3.8, 4) is 22.5 Å². The third-order valence-corrected chi connectivity index (χ3v) is 7.00. The van der Waals surface area contributed by atoms with Crippen LogP contribution in [0.1, 0.15) is 12.8 Å². The maximum atomic E-state index is 15.0. The highest BCUT2D eigenvalue weighted by molar-refractivity contribution is 7.90. The molecule has 1 aliphatic rings. The molecule has 0 saturated carbocycles. The maximum Gasteiger partial charge on any atom is 0.301 e. The average molecular weight is 455 g/mol. The molecule has 0 unspecified atom stereocenters. The van der Waals surface area contributed by atoms with Crippen LogP contribution in [0.5, 0.6) is 0 Å². The van der Waals surface area contributed by atoms with Crippen molar-refractivity contribution in [2.75, 3.05) is 17.8 Å². The Kier molecular flexibility index (Phi) is 5.10. The van der Waals surface area contributed by atoms with E-state index < -0.39 is 16.0 Å². The summed E-state index contributed by atoms with van der Waals surface area (Å²) >= 11 is 0. The van der Waals surface area contributed by atoms with Crippen LogP contribution in [0, 0.1) is 11.6 Å². The smallest absolute Gasteiger partial charge is 0.301 e. The van der Waals surface area contributed by atoms with Gasteiger partial charge in [0.2, 0.25) is 0 Å². The minimum Gasteiger partial charge on any atom is -0.339 e. The van der Waals surface area contributed by atoms with E-state index in [-0.39, 0.29) is 17.1 Å². The minimum atomic E-state index is -3.71. The largest absolute Gasteiger partial charge is 0.339 e. The number of fused-ring (bicyclic) bond motifs is 1. The summed E-state index contributed by atoms with van der Waals surface area (Å²) in [7, 11) is -3.71. The summed E-state index contributed by atoms with van der Waals surface area (Å²) in [6.07, 6.45) is 2.95. The van der Waals surface area contributed by atoms with Gasteiger partial charge in [0.05, 0.1) is 11.4 Å². The van der Waals surface area contributed by atoms with Gasteiger partial charge in [-0.2, -0.15) is 12.7 Å². The Bertz CT molecular complexity index is 1400. The number of anilines is 1. The molecule has 2 aromatic carbocycles. The molecule has 0 aliphatic carbocycles. The lowest BCUT2D eigenvalue weighted by atomic mass is 10.1. The van der Waals surface area contributed by atoms with Gasteiger partial charge in [-0.1, -0.05) is 0 Å².